The SMILES string of the molecule is NNC(c1ccc(Br)s1)c1cscc1Br. The van der Waals surface area contributed by atoms with Crippen molar-refractivity contribution in [2.45, 2.75) is 6.04 Å². The summed E-state index contributed by atoms with van der Waals surface area (Å²) in [5.41, 5.74) is 4.02. The van der Waals surface area contributed by atoms with Crippen molar-refractivity contribution in [3.8, 4) is 0 Å². The highest BCUT2D eigenvalue weighted by atomic mass is 79.9. The third kappa shape index (κ3) is 2.51. The first-order valence-electron chi connectivity index (χ1n) is 4.15. The maximum Gasteiger partial charge on any atom is 0.0821 e. The number of thiophene rings is 2. The summed E-state index contributed by atoms with van der Waals surface area (Å²) in [6, 6.07) is 4.16. The molecule has 6 heteroatoms. The first-order chi connectivity index (χ1) is 7.22. The highest BCUT2D eigenvalue weighted by molar-refractivity contribution is 9.11. The summed E-state index contributed by atoms with van der Waals surface area (Å²) in [5, 5.41) is 4.16. The van der Waals surface area contributed by atoms with Crippen molar-refractivity contribution in [1.82, 2.24) is 5.43 Å². The number of hydrogen-bond acceptors (Lipinski definition) is 4. The third-order valence-electron chi connectivity index (χ3n) is 2.00. The fourth-order valence-electron chi connectivity index (χ4n) is 1.31. The fourth-order valence-corrected chi connectivity index (χ4v) is 4.36. The van der Waals surface area contributed by atoms with Crippen LogP contribution in [0.15, 0.2) is 31.2 Å². The molecule has 2 aromatic rings. The van der Waals surface area contributed by atoms with Gasteiger partial charge in [-0.25, -0.2) is 5.43 Å². The Morgan fingerprint density at radius 1 is 1.27 bits per heavy atom. The maximum absolute atomic E-state index is 5.60. The second-order valence-electron chi connectivity index (χ2n) is 2.92. The summed E-state index contributed by atoms with van der Waals surface area (Å²) in [6.45, 7) is 0. The van der Waals surface area contributed by atoms with E-state index in [2.05, 4.69) is 54.1 Å². The van der Waals surface area contributed by atoms with Gasteiger partial charge in [0.1, 0.15) is 0 Å². The van der Waals surface area contributed by atoms with E-state index in [1.165, 1.54) is 10.4 Å². The van der Waals surface area contributed by atoms with Gasteiger partial charge in [-0.05, 0) is 49.4 Å². The van der Waals surface area contributed by atoms with E-state index in [9.17, 15) is 0 Å². The lowest BCUT2D eigenvalue weighted by molar-refractivity contribution is 0.646. The van der Waals surface area contributed by atoms with Crippen LogP contribution >= 0.6 is 54.5 Å². The Balaban J connectivity index is 2.36. The van der Waals surface area contributed by atoms with Gasteiger partial charge in [-0.3, -0.25) is 5.84 Å². The fraction of sp³-hybridized carbons (Fsp3) is 0.111. The van der Waals surface area contributed by atoms with Crippen molar-refractivity contribution in [3.63, 3.8) is 0 Å². The van der Waals surface area contributed by atoms with Crippen LogP contribution in [0.25, 0.3) is 0 Å². The highest BCUT2D eigenvalue weighted by Gasteiger charge is 2.17. The molecule has 2 nitrogen and oxygen atoms in total. The lowest BCUT2D eigenvalue weighted by Crippen LogP contribution is -2.28. The molecular formula is C9H8Br2N2S2. The molecule has 15 heavy (non-hydrogen) atoms. The molecule has 0 aliphatic rings. The molecule has 0 radical (unpaired) electrons. The van der Waals surface area contributed by atoms with Crippen LogP contribution in [-0.4, -0.2) is 0 Å². The summed E-state index contributed by atoms with van der Waals surface area (Å²) in [6.07, 6.45) is 0. The Morgan fingerprint density at radius 3 is 2.53 bits per heavy atom. The number of nitrogens with two attached hydrogens (primary N) is 1. The Morgan fingerprint density at radius 2 is 2.07 bits per heavy atom. The topological polar surface area (TPSA) is 38.0 Å². The normalized spacial score (nSPS) is 13.0. The molecule has 2 heterocycles. The van der Waals surface area contributed by atoms with E-state index in [1.807, 2.05) is 6.07 Å². The largest absolute Gasteiger partial charge is 0.271 e. The van der Waals surface area contributed by atoms with E-state index in [-0.39, 0.29) is 6.04 Å². The number of hydrazine groups is 1. The molecule has 0 aliphatic carbocycles. The number of halogens is 2. The molecule has 0 fully saturated rings. The first kappa shape index (κ1) is 11.8. The molecule has 0 amide bonds. The minimum atomic E-state index is 0.0573. The standard InChI is InChI=1S/C9H8Br2N2S2/c10-6-4-14-3-5(6)9(13-12)7-1-2-8(11)15-7/h1-4,9,13H,12H2. The summed E-state index contributed by atoms with van der Waals surface area (Å²) < 4.78 is 2.21. The zero-order valence-corrected chi connectivity index (χ0v) is 12.3. The molecule has 0 aromatic carbocycles. The van der Waals surface area contributed by atoms with E-state index in [1.54, 1.807) is 22.7 Å². The average Bonchev–Trinajstić information content (AvgIpc) is 2.79. The van der Waals surface area contributed by atoms with Gasteiger partial charge in [-0.15, -0.1) is 11.3 Å². The molecule has 80 valence electrons. The number of rotatable bonds is 3. The lowest BCUT2D eigenvalue weighted by Gasteiger charge is -2.13. The highest BCUT2D eigenvalue weighted by Crippen LogP contribution is 2.35. The van der Waals surface area contributed by atoms with Crippen molar-refractivity contribution in [2.75, 3.05) is 0 Å². The maximum atomic E-state index is 5.60. The van der Waals surface area contributed by atoms with E-state index >= 15 is 0 Å². The monoisotopic (exact) mass is 366 g/mol. The molecule has 1 atom stereocenters. The summed E-state index contributed by atoms with van der Waals surface area (Å²) in [4.78, 5) is 1.20. The third-order valence-corrected chi connectivity index (χ3v) is 5.44. The zero-order chi connectivity index (χ0) is 10.8. The van der Waals surface area contributed by atoms with Gasteiger partial charge < -0.3 is 0 Å². The average molecular weight is 368 g/mol. The Labute approximate surface area is 113 Å². The molecule has 0 saturated carbocycles. The van der Waals surface area contributed by atoms with Crippen LogP contribution in [0.2, 0.25) is 0 Å². The number of nitrogens with one attached hydrogen (secondary N) is 1. The van der Waals surface area contributed by atoms with Crippen molar-refractivity contribution in [2.24, 2.45) is 5.84 Å². The van der Waals surface area contributed by atoms with Gasteiger partial charge in [-0.2, -0.15) is 11.3 Å². The molecule has 0 bridgehead atoms. The van der Waals surface area contributed by atoms with Crippen LogP contribution < -0.4 is 11.3 Å². The Hall–Kier alpha value is 0.280. The van der Waals surface area contributed by atoms with E-state index in [0.29, 0.717) is 0 Å². The van der Waals surface area contributed by atoms with Gasteiger partial charge >= 0.3 is 0 Å². The predicted octanol–water partition coefficient (Wildman–Crippen LogP) is 3.89. The quantitative estimate of drug-likeness (QED) is 0.638. The summed E-state index contributed by atoms with van der Waals surface area (Å²) in [5.74, 6) is 5.60. The van der Waals surface area contributed by atoms with Crippen LogP contribution in [-0.2, 0) is 0 Å². The molecule has 2 rings (SSSR count). The number of hydrogen-bond donors (Lipinski definition) is 2. The van der Waals surface area contributed by atoms with Crippen LogP contribution in [0.3, 0.4) is 0 Å². The van der Waals surface area contributed by atoms with Crippen LogP contribution in [0.5, 0.6) is 0 Å². The van der Waals surface area contributed by atoms with Gasteiger partial charge in [0.05, 0.1) is 9.83 Å². The van der Waals surface area contributed by atoms with Gasteiger partial charge in [-0.1, -0.05) is 0 Å². The van der Waals surface area contributed by atoms with Crippen molar-refractivity contribution in [3.05, 3.63) is 41.6 Å². The van der Waals surface area contributed by atoms with Gasteiger partial charge in [0.2, 0.25) is 0 Å². The summed E-state index contributed by atoms with van der Waals surface area (Å²) in [7, 11) is 0. The van der Waals surface area contributed by atoms with Crippen LogP contribution in [0, 0.1) is 0 Å². The van der Waals surface area contributed by atoms with Crippen molar-refractivity contribution < 1.29 is 0 Å². The molecule has 0 saturated heterocycles. The minimum Gasteiger partial charge on any atom is -0.271 e. The molecule has 0 aliphatic heterocycles. The predicted molar refractivity (Wildman–Crippen MR) is 73.2 cm³/mol. The summed E-state index contributed by atoms with van der Waals surface area (Å²) >= 11 is 10.3. The smallest absolute Gasteiger partial charge is 0.0821 e. The Bertz CT molecular complexity index is 452. The second kappa shape index (κ2) is 5.07. The second-order valence-corrected chi connectivity index (χ2v) is 7.01. The van der Waals surface area contributed by atoms with Gasteiger partial charge in [0, 0.05) is 20.3 Å². The van der Waals surface area contributed by atoms with Crippen molar-refractivity contribution >= 4 is 54.5 Å². The Kier molecular flexibility index (Phi) is 3.98. The first-order valence-corrected chi connectivity index (χ1v) is 7.50. The van der Waals surface area contributed by atoms with Gasteiger partial charge in [0.15, 0.2) is 0 Å². The van der Waals surface area contributed by atoms with E-state index < -0.39 is 0 Å². The lowest BCUT2D eigenvalue weighted by atomic mass is 10.1. The molecule has 0 spiro atoms. The minimum absolute atomic E-state index is 0.0573. The van der Waals surface area contributed by atoms with Crippen molar-refractivity contribution in [1.29, 1.82) is 0 Å². The molecule has 2 aromatic heterocycles. The van der Waals surface area contributed by atoms with Gasteiger partial charge in [0.25, 0.3) is 0 Å². The van der Waals surface area contributed by atoms with Crippen LogP contribution in [0.1, 0.15) is 16.5 Å². The van der Waals surface area contributed by atoms with E-state index in [4.69, 9.17) is 5.84 Å². The molecule has 3 N–H and O–H groups in total. The zero-order valence-electron chi connectivity index (χ0n) is 7.54. The molecule has 1 unspecified atom stereocenters. The van der Waals surface area contributed by atoms with Crippen LogP contribution in [0.4, 0.5) is 0 Å². The van der Waals surface area contributed by atoms with E-state index in [0.717, 1.165) is 8.26 Å². The molecular weight excluding hydrogens is 360 g/mol.